The third-order valence-corrected chi connectivity index (χ3v) is 2.52. The third-order valence-electron chi connectivity index (χ3n) is 2.23. The highest BCUT2D eigenvalue weighted by Gasteiger charge is 2.08. The minimum absolute atomic E-state index is 0.247. The Morgan fingerprint density at radius 2 is 1.94 bits per heavy atom. The van der Waals surface area contributed by atoms with Crippen LogP contribution in [0, 0.1) is 0 Å². The lowest BCUT2D eigenvalue weighted by atomic mass is 10.2. The average molecular weight is 248 g/mol. The summed E-state index contributed by atoms with van der Waals surface area (Å²) < 4.78 is 0. The molecule has 0 bridgehead atoms. The van der Waals surface area contributed by atoms with Crippen molar-refractivity contribution in [1.82, 2.24) is 9.97 Å². The summed E-state index contributed by atoms with van der Waals surface area (Å²) in [6, 6.07) is 7.38. The molecule has 0 saturated carbocycles. The smallest absolute Gasteiger partial charge is 0.258 e. The second kappa shape index (κ2) is 5.41. The lowest BCUT2D eigenvalue weighted by Gasteiger charge is -2.08. The molecule has 0 unspecified atom stereocenters. The van der Waals surface area contributed by atoms with Gasteiger partial charge in [-0.2, -0.15) is 0 Å². The van der Waals surface area contributed by atoms with Gasteiger partial charge in [0, 0.05) is 24.0 Å². The lowest BCUT2D eigenvalue weighted by Crippen LogP contribution is -2.13. The number of aromatic nitrogens is 2. The molecule has 0 fully saturated rings. The van der Waals surface area contributed by atoms with Gasteiger partial charge in [-0.05, 0) is 11.6 Å². The summed E-state index contributed by atoms with van der Waals surface area (Å²) in [5.41, 5.74) is 1.99. The fourth-order valence-electron chi connectivity index (χ4n) is 1.37. The van der Waals surface area contributed by atoms with Crippen LogP contribution in [-0.2, 0) is 5.88 Å². The van der Waals surface area contributed by atoms with E-state index in [0.29, 0.717) is 17.1 Å². The van der Waals surface area contributed by atoms with Gasteiger partial charge in [-0.15, -0.1) is 11.6 Å². The van der Waals surface area contributed by atoms with Crippen molar-refractivity contribution < 1.29 is 4.79 Å². The first-order chi connectivity index (χ1) is 8.31. The number of nitrogens with one attached hydrogen (secondary N) is 1. The van der Waals surface area contributed by atoms with Crippen LogP contribution in [0.15, 0.2) is 43.0 Å². The van der Waals surface area contributed by atoms with E-state index in [9.17, 15) is 4.79 Å². The van der Waals surface area contributed by atoms with Crippen LogP contribution in [0.4, 0.5) is 5.69 Å². The number of carbonyl (C=O) groups is 1. The number of alkyl halides is 1. The van der Waals surface area contributed by atoms with Crippen LogP contribution in [0.3, 0.4) is 0 Å². The molecule has 1 heterocycles. The van der Waals surface area contributed by atoms with Crippen LogP contribution in [0.25, 0.3) is 0 Å². The molecule has 86 valence electrons. The quantitative estimate of drug-likeness (QED) is 0.848. The molecule has 0 aliphatic rings. The van der Waals surface area contributed by atoms with E-state index in [-0.39, 0.29) is 5.91 Å². The number of rotatable bonds is 3. The second-order valence-corrected chi connectivity index (χ2v) is 3.64. The van der Waals surface area contributed by atoms with Gasteiger partial charge in [-0.3, -0.25) is 4.79 Å². The Balaban J connectivity index is 2.19. The van der Waals surface area contributed by atoms with Gasteiger partial charge in [0.2, 0.25) is 0 Å². The van der Waals surface area contributed by atoms with Crippen molar-refractivity contribution in [2.45, 2.75) is 5.88 Å². The van der Waals surface area contributed by atoms with Gasteiger partial charge in [-0.25, -0.2) is 9.97 Å². The van der Waals surface area contributed by atoms with Gasteiger partial charge in [0.15, 0.2) is 0 Å². The number of hydrogen-bond acceptors (Lipinski definition) is 3. The second-order valence-electron chi connectivity index (χ2n) is 3.37. The number of benzene rings is 1. The lowest BCUT2D eigenvalue weighted by molar-refractivity contribution is 0.102. The van der Waals surface area contributed by atoms with Crippen LogP contribution in [0.1, 0.15) is 15.9 Å². The summed E-state index contributed by atoms with van der Waals surface area (Å²) in [6.07, 6.45) is 4.31. The van der Waals surface area contributed by atoms with Crippen molar-refractivity contribution in [3.8, 4) is 0 Å². The Morgan fingerprint density at radius 1 is 1.24 bits per heavy atom. The fraction of sp³-hybridized carbons (Fsp3) is 0.0833. The normalized spacial score (nSPS) is 9.94. The van der Waals surface area contributed by atoms with E-state index in [0.717, 1.165) is 5.56 Å². The summed E-state index contributed by atoms with van der Waals surface area (Å²) in [5, 5.41) is 2.77. The number of amides is 1. The molecule has 1 amide bonds. The van der Waals surface area contributed by atoms with Crippen molar-refractivity contribution in [2.75, 3.05) is 5.32 Å². The van der Waals surface area contributed by atoms with Crippen molar-refractivity contribution in [3.63, 3.8) is 0 Å². The maximum Gasteiger partial charge on any atom is 0.258 e. The zero-order valence-electron chi connectivity index (χ0n) is 8.93. The van der Waals surface area contributed by atoms with Crippen molar-refractivity contribution in [1.29, 1.82) is 0 Å². The monoisotopic (exact) mass is 247 g/mol. The molecule has 17 heavy (non-hydrogen) atoms. The minimum Gasteiger partial charge on any atom is -0.322 e. The zero-order valence-corrected chi connectivity index (χ0v) is 9.69. The highest BCUT2D eigenvalue weighted by atomic mass is 35.5. The first kappa shape index (κ1) is 11.5. The van der Waals surface area contributed by atoms with E-state index in [1.54, 1.807) is 6.07 Å². The molecule has 5 heteroatoms. The first-order valence-corrected chi connectivity index (χ1v) is 5.55. The Kier molecular flexibility index (Phi) is 3.67. The van der Waals surface area contributed by atoms with Crippen LogP contribution >= 0.6 is 11.6 Å². The van der Waals surface area contributed by atoms with Crippen LogP contribution in [-0.4, -0.2) is 15.9 Å². The van der Waals surface area contributed by atoms with Crippen molar-refractivity contribution >= 4 is 23.2 Å². The first-order valence-electron chi connectivity index (χ1n) is 5.01. The molecule has 1 aromatic carbocycles. The highest BCUT2D eigenvalue weighted by Crippen LogP contribution is 2.17. The molecule has 1 N–H and O–H groups in total. The standard InChI is InChI=1S/C12H10ClN3O/c13-5-9-3-1-2-4-11(9)16-12(17)10-6-14-8-15-7-10/h1-4,6-8H,5H2,(H,16,17). The number of anilines is 1. The molecule has 0 spiro atoms. The zero-order chi connectivity index (χ0) is 12.1. The topological polar surface area (TPSA) is 54.9 Å². The molecular formula is C12H10ClN3O. The van der Waals surface area contributed by atoms with Crippen molar-refractivity contribution in [2.24, 2.45) is 0 Å². The number of para-hydroxylation sites is 1. The predicted octanol–water partition coefficient (Wildman–Crippen LogP) is 2.47. The van der Waals surface area contributed by atoms with E-state index in [4.69, 9.17) is 11.6 Å². The summed E-state index contributed by atoms with van der Waals surface area (Å²) in [5.74, 6) is 0.102. The van der Waals surface area contributed by atoms with Gasteiger partial charge in [-0.1, -0.05) is 18.2 Å². The third kappa shape index (κ3) is 2.79. The molecule has 0 atom stereocenters. The SMILES string of the molecule is O=C(Nc1ccccc1CCl)c1cncnc1. The van der Waals surface area contributed by atoms with Gasteiger partial charge in [0.05, 0.1) is 5.56 Å². The molecule has 0 aliphatic carbocycles. The molecule has 2 rings (SSSR count). The highest BCUT2D eigenvalue weighted by molar-refractivity contribution is 6.17. The maximum absolute atomic E-state index is 11.8. The van der Waals surface area contributed by atoms with E-state index in [2.05, 4.69) is 15.3 Å². The molecule has 2 aromatic rings. The molecule has 0 aliphatic heterocycles. The molecule has 4 nitrogen and oxygen atoms in total. The Morgan fingerprint density at radius 3 is 2.65 bits per heavy atom. The largest absolute Gasteiger partial charge is 0.322 e. The average Bonchev–Trinajstić information content (AvgIpc) is 2.40. The Bertz CT molecular complexity index is 516. The Labute approximate surface area is 104 Å². The van der Waals surface area contributed by atoms with Gasteiger partial charge < -0.3 is 5.32 Å². The van der Waals surface area contributed by atoms with E-state index >= 15 is 0 Å². The maximum atomic E-state index is 11.8. The van der Waals surface area contributed by atoms with Gasteiger partial charge in [0.25, 0.3) is 5.91 Å². The van der Waals surface area contributed by atoms with Gasteiger partial charge in [0.1, 0.15) is 6.33 Å². The number of halogens is 1. The van der Waals surface area contributed by atoms with E-state index in [1.165, 1.54) is 18.7 Å². The minimum atomic E-state index is -0.247. The summed E-state index contributed by atoms with van der Waals surface area (Å²) in [7, 11) is 0. The predicted molar refractivity (Wildman–Crippen MR) is 66.0 cm³/mol. The van der Waals surface area contributed by atoms with E-state index < -0.39 is 0 Å². The molecule has 1 aromatic heterocycles. The van der Waals surface area contributed by atoms with Crippen LogP contribution < -0.4 is 5.32 Å². The molecule has 0 radical (unpaired) electrons. The van der Waals surface area contributed by atoms with Crippen molar-refractivity contribution in [3.05, 3.63) is 54.1 Å². The molecule has 0 saturated heterocycles. The van der Waals surface area contributed by atoms with E-state index in [1.807, 2.05) is 18.2 Å². The fourth-order valence-corrected chi connectivity index (χ4v) is 1.60. The molecular weight excluding hydrogens is 238 g/mol. The summed E-state index contributed by atoms with van der Waals surface area (Å²) in [6.45, 7) is 0. The summed E-state index contributed by atoms with van der Waals surface area (Å²) >= 11 is 5.79. The number of nitrogens with zero attached hydrogens (tertiary/aromatic N) is 2. The Hall–Kier alpha value is -1.94. The number of carbonyl (C=O) groups excluding carboxylic acids is 1. The number of hydrogen-bond donors (Lipinski definition) is 1. The summed E-state index contributed by atoms with van der Waals surface area (Å²) in [4.78, 5) is 19.4. The van der Waals surface area contributed by atoms with Crippen LogP contribution in [0.2, 0.25) is 0 Å². The van der Waals surface area contributed by atoms with Crippen LogP contribution in [0.5, 0.6) is 0 Å². The van der Waals surface area contributed by atoms with Gasteiger partial charge >= 0.3 is 0 Å².